The van der Waals surface area contributed by atoms with Crippen molar-refractivity contribution in [3.63, 3.8) is 0 Å². The Hall–Kier alpha value is -2.11. The first-order valence-electron chi connectivity index (χ1n) is 8.48. The maximum absolute atomic E-state index is 12.0. The molecule has 1 aliphatic rings. The van der Waals surface area contributed by atoms with Gasteiger partial charge in [-0.3, -0.25) is 9.78 Å². The standard InChI is InChI=1S/C18H27N3O3/c1-18(2,3)24-17(23)21-10-7-14(8-11-21)13-20-16(22)12-15-6-4-5-9-19-15/h4-6,9,14H,7-8,10-13H2,1-3H3,(H,20,22). The second kappa shape index (κ2) is 8.13. The Morgan fingerprint density at radius 1 is 1.29 bits per heavy atom. The van der Waals surface area contributed by atoms with Crippen LogP contribution >= 0.6 is 0 Å². The van der Waals surface area contributed by atoms with Crippen LogP contribution < -0.4 is 5.32 Å². The van der Waals surface area contributed by atoms with Gasteiger partial charge in [-0.2, -0.15) is 0 Å². The molecule has 0 unspecified atom stereocenters. The number of piperidine rings is 1. The number of pyridine rings is 1. The molecular formula is C18H27N3O3. The predicted octanol–water partition coefficient (Wildman–Crippen LogP) is 2.39. The number of nitrogens with zero attached hydrogens (tertiary/aromatic N) is 2. The molecule has 0 aromatic carbocycles. The second-order valence-corrected chi connectivity index (χ2v) is 7.21. The van der Waals surface area contributed by atoms with E-state index >= 15 is 0 Å². The summed E-state index contributed by atoms with van der Waals surface area (Å²) in [6, 6.07) is 5.56. The zero-order chi connectivity index (χ0) is 17.6. The highest BCUT2D eigenvalue weighted by Gasteiger charge is 2.26. The van der Waals surface area contributed by atoms with Gasteiger partial charge in [-0.15, -0.1) is 0 Å². The van der Waals surface area contributed by atoms with Gasteiger partial charge in [0.25, 0.3) is 0 Å². The van der Waals surface area contributed by atoms with Crippen molar-refractivity contribution in [2.45, 2.75) is 45.6 Å². The van der Waals surface area contributed by atoms with Gasteiger partial charge in [0.1, 0.15) is 5.60 Å². The molecule has 2 heterocycles. The SMILES string of the molecule is CC(C)(C)OC(=O)N1CCC(CNC(=O)Cc2ccccn2)CC1. The Kier molecular flexibility index (Phi) is 6.17. The van der Waals surface area contributed by atoms with Crippen LogP contribution in [0, 0.1) is 5.92 Å². The number of hydrogen-bond donors (Lipinski definition) is 1. The highest BCUT2D eigenvalue weighted by atomic mass is 16.6. The number of amides is 2. The van der Waals surface area contributed by atoms with Gasteiger partial charge in [-0.1, -0.05) is 6.07 Å². The summed E-state index contributed by atoms with van der Waals surface area (Å²) >= 11 is 0. The van der Waals surface area contributed by atoms with Crippen molar-refractivity contribution in [1.82, 2.24) is 15.2 Å². The molecule has 2 amide bonds. The van der Waals surface area contributed by atoms with E-state index in [-0.39, 0.29) is 12.0 Å². The third kappa shape index (κ3) is 6.18. The van der Waals surface area contributed by atoms with E-state index in [2.05, 4.69) is 10.3 Å². The zero-order valence-electron chi connectivity index (χ0n) is 14.7. The summed E-state index contributed by atoms with van der Waals surface area (Å²) in [6.07, 6.45) is 3.50. The average molecular weight is 333 g/mol. The number of carbonyl (C=O) groups is 2. The molecule has 1 saturated heterocycles. The molecule has 1 aromatic rings. The van der Waals surface area contributed by atoms with Crippen LogP contribution in [0.1, 0.15) is 39.3 Å². The van der Waals surface area contributed by atoms with Crippen LogP contribution in [0.15, 0.2) is 24.4 Å². The fraction of sp³-hybridized carbons (Fsp3) is 0.611. The van der Waals surface area contributed by atoms with Gasteiger partial charge < -0.3 is 15.0 Å². The number of likely N-dealkylation sites (tertiary alicyclic amines) is 1. The van der Waals surface area contributed by atoms with Gasteiger partial charge >= 0.3 is 6.09 Å². The summed E-state index contributed by atoms with van der Waals surface area (Å²) < 4.78 is 5.39. The van der Waals surface area contributed by atoms with E-state index in [1.165, 1.54) is 0 Å². The van der Waals surface area contributed by atoms with Crippen LogP contribution in [0.4, 0.5) is 4.79 Å². The third-order valence-electron chi connectivity index (χ3n) is 3.92. The predicted molar refractivity (Wildman–Crippen MR) is 91.5 cm³/mol. The highest BCUT2D eigenvalue weighted by molar-refractivity contribution is 5.78. The first kappa shape index (κ1) is 18.2. The van der Waals surface area contributed by atoms with Crippen LogP contribution in [0.2, 0.25) is 0 Å². The molecule has 0 atom stereocenters. The van der Waals surface area contributed by atoms with Gasteiger partial charge in [-0.25, -0.2) is 4.79 Å². The number of rotatable bonds is 4. The second-order valence-electron chi connectivity index (χ2n) is 7.21. The fourth-order valence-electron chi connectivity index (χ4n) is 2.63. The molecule has 0 spiro atoms. The van der Waals surface area contributed by atoms with E-state index in [1.807, 2.05) is 39.0 Å². The van der Waals surface area contributed by atoms with E-state index in [9.17, 15) is 9.59 Å². The fourth-order valence-corrected chi connectivity index (χ4v) is 2.63. The number of hydrogen-bond acceptors (Lipinski definition) is 4. The van der Waals surface area contributed by atoms with Crippen molar-refractivity contribution in [2.75, 3.05) is 19.6 Å². The summed E-state index contributed by atoms with van der Waals surface area (Å²) in [7, 11) is 0. The molecule has 0 aliphatic carbocycles. The van der Waals surface area contributed by atoms with Crippen LogP contribution in [0.25, 0.3) is 0 Å². The van der Waals surface area contributed by atoms with E-state index < -0.39 is 5.60 Å². The zero-order valence-corrected chi connectivity index (χ0v) is 14.7. The van der Waals surface area contributed by atoms with Gasteiger partial charge in [-0.05, 0) is 51.7 Å². The van der Waals surface area contributed by atoms with Gasteiger partial charge in [0.15, 0.2) is 0 Å². The Morgan fingerprint density at radius 2 is 2.00 bits per heavy atom. The van der Waals surface area contributed by atoms with E-state index in [1.54, 1.807) is 11.1 Å². The van der Waals surface area contributed by atoms with Crippen LogP contribution in [0.5, 0.6) is 0 Å². The first-order chi connectivity index (χ1) is 11.3. The van der Waals surface area contributed by atoms with Crippen molar-refractivity contribution in [3.8, 4) is 0 Å². The lowest BCUT2D eigenvalue weighted by Gasteiger charge is -2.33. The highest BCUT2D eigenvalue weighted by Crippen LogP contribution is 2.19. The Morgan fingerprint density at radius 3 is 2.58 bits per heavy atom. The molecule has 0 saturated carbocycles. The molecule has 1 fully saturated rings. The van der Waals surface area contributed by atoms with Crippen LogP contribution in [-0.4, -0.2) is 47.1 Å². The molecule has 1 N–H and O–H groups in total. The largest absolute Gasteiger partial charge is 0.444 e. The maximum atomic E-state index is 12.0. The lowest BCUT2D eigenvalue weighted by atomic mass is 9.97. The average Bonchev–Trinajstić information content (AvgIpc) is 2.53. The van der Waals surface area contributed by atoms with Gasteiger partial charge in [0.05, 0.1) is 6.42 Å². The quantitative estimate of drug-likeness (QED) is 0.918. The van der Waals surface area contributed by atoms with E-state index in [0.29, 0.717) is 32.0 Å². The summed E-state index contributed by atoms with van der Waals surface area (Å²) in [5.74, 6) is 0.389. The van der Waals surface area contributed by atoms with Gasteiger partial charge in [0.2, 0.25) is 5.91 Å². The maximum Gasteiger partial charge on any atom is 0.410 e. The number of aromatic nitrogens is 1. The molecule has 2 rings (SSSR count). The summed E-state index contributed by atoms with van der Waals surface area (Å²) in [5, 5.41) is 2.97. The molecule has 0 bridgehead atoms. The van der Waals surface area contributed by atoms with Crippen LogP contribution in [0.3, 0.4) is 0 Å². The van der Waals surface area contributed by atoms with Crippen molar-refractivity contribution in [3.05, 3.63) is 30.1 Å². The first-order valence-corrected chi connectivity index (χ1v) is 8.48. The minimum atomic E-state index is -0.465. The smallest absolute Gasteiger partial charge is 0.410 e. The lowest BCUT2D eigenvalue weighted by molar-refractivity contribution is -0.120. The van der Waals surface area contributed by atoms with Crippen LogP contribution in [-0.2, 0) is 16.0 Å². The van der Waals surface area contributed by atoms with E-state index in [0.717, 1.165) is 18.5 Å². The van der Waals surface area contributed by atoms with Crippen molar-refractivity contribution in [2.24, 2.45) is 5.92 Å². The van der Waals surface area contributed by atoms with Gasteiger partial charge in [0, 0.05) is 31.5 Å². The Balaban J connectivity index is 1.68. The summed E-state index contributed by atoms with van der Waals surface area (Å²) in [4.78, 5) is 29.9. The monoisotopic (exact) mass is 333 g/mol. The van der Waals surface area contributed by atoms with E-state index in [4.69, 9.17) is 4.74 Å². The molecule has 0 radical (unpaired) electrons. The minimum absolute atomic E-state index is 0.0109. The molecule has 132 valence electrons. The lowest BCUT2D eigenvalue weighted by Crippen LogP contribution is -2.43. The molecular weight excluding hydrogens is 306 g/mol. The molecule has 1 aromatic heterocycles. The topological polar surface area (TPSA) is 71.5 Å². The summed E-state index contributed by atoms with van der Waals surface area (Å²) in [5.41, 5.74) is 0.308. The normalized spacial score (nSPS) is 15.9. The number of carbonyl (C=O) groups excluding carboxylic acids is 2. The van der Waals surface area contributed by atoms with Crippen molar-refractivity contribution in [1.29, 1.82) is 0 Å². The molecule has 24 heavy (non-hydrogen) atoms. The molecule has 6 heteroatoms. The number of ether oxygens (including phenoxy) is 1. The third-order valence-corrected chi connectivity index (χ3v) is 3.92. The number of nitrogens with one attached hydrogen (secondary N) is 1. The van der Waals surface area contributed by atoms with Crippen molar-refractivity contribution >= 4 is 12.0 Å². The summed E-state index contributed by atoms with van der Waals surface area (Å²) in [6.45, 7) is 7.61. The molecule has 1 aliphatic heterocycles. The minimum Gasteiger partial charge on any atom is -0.444 e. The molecule has 6 nitrogen and oxygen atoms in total. The Bertz CT molecular complexity index is 546. The van der Waals surface area contributed by atoms with Crippen molar-refractivity contribution < 1.29 is 14.3 Å². The Labute approximate surface area is 143 Å².